The maximum absolute atomic E-state index is 9.60. The van der Waals surface area contributed by atoms with E-state index in [1.807, 2.05) is 0 Å². The van der Waals surface area contributed by atoms with E-state index in [0.29, 0.717) is 12.1 Å². The molecule has 0 saturated heterocycles. The van der Waals surface area contributed by atoms with Gasteiger partial charge in [0.15, 0.2) is 0 Å². The van der Waals surface area contributed by atoms with Crippen molar-refractivity contribution in [1.29, 1.82) is 5.26 Å². The van der Waals surface area contributed by atoms with Crippen molar-refractivity contribution in [2.45, 2.75) is 63.1 Å². The Morgan fingerprint density at radius 3 is 2.50 bits per heavy atom. The van der Waals surface area contributed by atoms with Crippen molar-refractivity contribution in [2.75, 3.05) is 33.7 Å². The van der Waals surface area contributed by atoms with E-state index in [4.69, 9.17) is 0 Å². The van der Waals surface area contributed by atoms with Gasteiger partial charge in [0.05, 0.1) is 6.07 Å². The molecule has 0 radical (unpaired) electrons. The average Bonchev–Trinajstić information content (AvgIpc) is 3.12. The van der Waals surface area contributed by atoms with Crippen LogP contribution in [-0.2, 0) is 0 Å². The zero-order valence-corrected chi connectivity index (χ0v) is 13.4. The number of hydrogen-bond donors (Lipinski definition) is 1. The molecule has 0 heterocycles. The number of likely N-dealkylation sites (N-methyl/N-ethyl adjacent to an activating group) is 1. The molecule has 4 heteroatoms. The summed E-state index contributed by atoms with van der Waals surface area (Å²) in [5.74, 6) is 0. The van der Waals surface area contributed by atoms with Gasteiger partial charge in [0, 0.05) is 25.2 Å². The summed E-state index contributed by atoms with van der Waals surface area (Å²) in [4.78, 5) is 4.85. The van der Waals surface area contributed by atoms with Crippen LogP contribution >= 0.6 is 0 Å². The van der Waals surface area contributed by atoms with Crippen LogP contribution in [0.2, 0.25) is 0 Å². The fourth-order valence-electron chi connectivity index (χ4n) is 3.31. The average molecular weight is 278 g/mol. The molecular weight excluding hydrogens is 248 g/mol. The summed E-state index contributed by atoms with van der Waals surface area (Å²) in [5.41, 5.74) is -0.240. The summed E-state index contributed by atoms with van der Waals surface area (Å²) >= 11 is 0. The zero-order valence-electron chi connectivity index (χ0n) is 13.4. The smallest absolute Gasteiger partial charge is 0.108 e. The van der Waals surface area contributed by atoms with E-state index < -0.39 is 0 Å². The van der Waals surface area contributed by atoms with Crippen LogP contribution in [0.3, 0.4) is 0 Å². The monoisotopic (exact) mass is 278 g/mol. The summed E-state index contributed by atoms with van der Waals surface area (Å²) in [6.07, 6.45) is 6.90. The minimum atomic E-state index is -0.240. The Hall–Kier alpha value is -0.630. The van der Waals surface area contributed by atoms with Crippen LogP contribution in [0.1, 0.15) is 45.4 Å². The Balaban J connectivity index is 1.91. The molecule has 2 unspecified atom stereocenters. The fourth-order valence-corrected chi connectivity index (χ4v) is 3.31. The number of nitriles is 1. The molecule has 0 aromatic heterocycles. The molecule has 0 spiro atoms. The number of hydrogen-bond acceptors (Lipinski definition) is 4. The SMILES string of the molecule is CCCN(CCN(C)C)C1CCC(C#N)(NC2CC2)C1. The molecule has 2 rings (SSSR count). The van der Waals surface area contributed by atoms with Gasteiger partial charge in [0.1, 0.15) is 5.54 Å². The fraction of sp³-hybridized carbons (Fsp3) is 0.938. The summed E-state index contributed by atoms with van der Waals surface area (Å²) in [6, 6.07) is 3.80. The highest BCUT2D eigenvalue weighted by molar-refractivity contribution is 5.15. The molecule has 2 aliphatic rings. The second-order valence-corrected chi connectivity index (χ2v) is 6.85. The van der Waals surface area contributed by atoms with Crippen LogP contribution in [0.15, 0.2) is 0 Å². The standard InChI is InChI=1S/C16H30N4/c1-4-9-20(11-10-19(2)3)15-7-8-16(12-15,13-17)18-14-5-6-14/h14-15,18H,4-12H2,1-3H3. The minimum absolute atomic E-state index is 0.240. The van der Waals surface area contributed by atoms with Crippen molar-refractivity contribution in [3.8, 4) is 6.07 Å². The lowest BCUT2D eigenvalue weighted by Gasteiger charge is -2.31. The molecule has 0 bridgehead atoms. The first-order valence-electron chi connectivity index (χ1n) is 8.16. The van der Waals surface area contributed by atoms with Gasteiger partial charge in [-0.15, -0.1) is 0 Å². The van der Waals surface area contributed by atoms with Crippen LogP contribution in [0.25, 0.3) is 0 Å². The van der Waals surface area contributed by atoms with Crippen molar-refractivity contribution in [2.24, 2.45) is 0 Å². The maximum atomic E-state index is 9.60. The van der Waals surface area contributed by atoms with E-state index in [1.54, 1.807) is 0 Å². The third-order valence-electron chi connectivity index (χ3n) is 4.62. The molecule has 1 N–H and O–H groups in total. The van der Waals surface area contributed by atoms with E-state index in [0.717, 1.165) is 32.5 Å². The van der Waals surface area contributed by atoms with E-state index in [9.17, 15) is 5.26 Å². The van der Waals surface area contributed by atoms with Gasteiger partial charge in [0.2, 0.25) is 0 Å². The summed E-state index contributed by atoms with van der Waals surface area (Å²) in [7, 11) is 4.26. The highest BCUT2D eigenvalue weighted by Crippen LogP contribution is 2.36. The second-order valence-electron chi connectivity index (χ2n) is 6.85. The van der Waals surface area contributed by atoms with E-state index >= 15 is 0 Å². The lowest BCUT2D eigenvalue weighted by molar-refractivity contribution is 0.175. The maximum Gasteiger partial charge on any atom is 0.108 e. The third-order valence-corrected chi connectivity index (χ3v) is 4.62. The molecule has 2 saturated carbocycles. The molecular formula is C16H30N4. The van der Waals surface area contributed by atoms with Gasteiger partial charge in [-0.05, 0) is 59.2 Å². The van der Waals surface area contributed by atoms with Crippen molar-refractivity contribution in [1.82, 2.24) is 15.1 Å². The molecule has 0 aliphatic heterocycles. The second kappa shape index (κ2) is 6.89. The predicted molar refractivity (Wildman–Crippen MR) is 82.6 cm³/mol. The van der Waals surface area contributed by atoms with Crippen molar-refractivity contribution in [3.63, 3.8) is 0 Å². The van der Waals surface area contributed by atoms with Crippen LogP contribution in [-0.4, -0.2) is 61.2 Å². The van der Waals surface area contributed by atoms with Gasteiger partial charge < -0.3 is 4.90 Å². The first kappa shape index (κ1) is 15.8. The van der Waals surface area contributed by atoms with Crippen LogP contribution < -0.4 is 5.32 Å². The van der Waals surface area contributed by atoms with Gasteiger partial charge in [0.25, 0.3) is 0 Å². The number of nitrogens with one attached hydrogen (secondary N) is 1. The first-order valence-corrected chi connectivity index (χ1v) is 8.16. The number of rotatable bonds is 8. The molecule has 114 valence electrons. The molecule has 4 nitrogen and oxygen atoms in total. The molecule has 2 aliphatic carbocycles. The van der Waals surface area contributed by atoms with E-state index in [2.05, 4.69) is 42.2 Å². The summed E-state index contributed by atoms with van der Waals surface area (Å²) < 4.78 is 0. The van der Waals surface area contributed by atoms with Gasteiger partial charge in [-0.3, -0.25) is 10.2 Å². The third kappa shape index (κ3) is 4.18. The van der Waals surface area contributed by atoms with Gasteiger partial charge in [-0.2, -0.15) is 5.26 Å². The largest absolute Gasteiger partial charge is 0.308 e. The normalized spacial score (nSPS) is 30.1. The minimum Gasteiger partial charge on any atom is -0.308 e. The van der Waals surface area contributed by atoms with Crippen molar-refractivity contribution < 1.29 is 0 Å². The topological polar surface area (TPSA) is 42.3 Å². The highest BCUT2D eigenvalue weighted by Gasteiger charge is 2.44. The molecule has 0 amide bonds. The van der Waals surface area contributed by atoms with Crippen molar-refractivity contribution >= 4 is 0 Å². The lowest BCUT2D eigenvalue weighted by Crippen LogP contribution is -2.46. The Morgan fingerprint density at radius 1 is 1.20 bits per heavy atom. The van der Waals surface area contributed by atoms with E-state index in [-0.39, 0.29) is 5.54 Å². The van der Waals surface area contributed by atoms with Gasteiger partial charge in [-0.25, -0.2) is 0 Å². The Kier molecular flexibility index (Phi) is 5.42. The Morgan fingerprint density at radius 2 is 1.95 bits per heavy atom. The van der Waals surface area contributed by atoms with Crippen LogP contribution in [0, 0.1) is 11.3 Å². The molecule has 2 fully saturated rings. The highest BCUT2D eigenvalue weighted by atomic mass is 15.2. The predicted octanol–water partition coefficient (Wildman–Crippen LogP) is 1.83. The van der Waals surface area contributed by atoms with Crippen LogP contribution in [0.5, 0.6) is 0 Å². The zero-order chi connectivity index (χ0) is 14.6. The summed E-state index contributed by atoms with van der Waals surface area (Å²) in [6.45, 7) is 5.63. The van der Waals surface area contributed by atoms with Crippen LogP contribution in [0.4, 0.5) is 0 Å². The molecule has 0 aromatic rings. The van der Waals surface area contributed by atoms with Gasteiger partial charge in [-0.1, -0.05) is 6.92 Å². The molecule has 0 aromatic carbocycles. The Bertz CT molecular complexity index is 345. The molecule has 2 atom stereocenters. The Labute approximate surface area is 124 Å². The van der Waals surface area contributed by atoms with Gasteiger partial charge >= 0.3 is 0 Å². The van der Waals surface area contributed by atoms with Crippen molar-refractivity contribution in [3.05, 3.63) is 0 Å². The lowest BCUT2D eigenvalue weighted by atomic mass is 9.99. The molecule has 20 heavy (non-hydrogen) atoms. The first-order chi connectivity index (χ1) is 9.58. The van der Waals surface area contributed by atoms with E-state index in [1.165, 1.54) is 25.7 Å². The summed E-state index contributed by atoms with van der Waals surface area (Å²) in [5, 5.41) is 13.2. The number of nitrogens with zero attached hydrogens (tertiary/aromatic N) is 3. The quantitative estimate of drug-likeness (QED) is 0.735.